The Kier molecular flexibility index (Phi) is 5.02. The van der Waals surface area contributed by atoms with Gasteiger partial charge in [0, 0.05) is 43.8 Å². The molecule has 0 aliphatic carbocycles. The van der Waals surface area contributed by atoms with Crippen LogP contribution in [0, 0.1) is 6.92 Å². The predicted molar refractivity (Wildman–Crippen MR) is 102 cm³/mol. The number of likely N-dealkylation sites (N-methyl/N-ethyl adjacent to an activating group) is 1. The largest absolute Gasteiger partial charge is 0.373 e. The summed E-state index contributed by atoms with van der Waals surface area (Å²) < 4.78 is 6.36. The summed E-state index contributed by atoms with van der Waals surface area (Å²) in [7, 11) is 2.21. The SMILES string of the molecule is Cc1ccc2cc(C[C@H]3CC[C@@H](CN4CCN(C)CC4)O3)ccc2n1. The van der Waals surface area contributed by atoms with Crippen LogP contribution in [-0.4, -0.2) is 66.8 Å². The molecule has 4 heteroatoms. The quantitative estimate of drug-likeness (QED) is 0.856. The Bertz CT molecular complexity index is 724. The zero-order chi connectivity index (χ0) is 17.2. The molecule has 0 N–H and O–H groups in total. The van der Waals surface area contributed by atoms with E-state index in [0.717, 1.165) is 24.2 Å². The van der Waals surface area contributed by atoms with Gasteiger partial charge in [0.25, 0.3) is 0 Å². The van der Waals surface area contributed by atoms with Crippen LogP contribution in [0.2, 0.25) is 0 Å². The number of rotatable bonds is 4. The molecule has 0 saturated carbocycles. The van der Waals surface area contributed by atoms with Crippen LogP contribution >= 0.6 is 0 Å². The fourth-order valence-corrected chi connectivity index (χ4v) is 4.05. The minimum Gasteiger partial charge on any atom is -0.373 e. The van der Waals surface area contributed by atoms with Crippen molar-refractivity contribution < 1.29 is 4.74 Å². The second-order valence-electron chi connectivity index (χ2n) is 7.75. The van der Waals surface area contributed by atoms with Crippen molar-refractivity contribution in [3.63, 3.8) is 0 Å². The highest BCUT2D eigenvalue weighted by atomic mass is 16.5. The number of piperazine rings is 1. The topological polar surface area (TPSA) is 28.6 Å². The van der Waals surface area contributed by atoms with Crippen LogP contribution in [0.25, 0.3) is 10.9 Å². The standard InChI is InChI=1S/C21H29N3O/c1-16-3-5-18-13-17(4-8-21(18)22-16)14-19-6-7-20(25-19)15-24-11-9-23(2)10-12-24/h3-5,8,13,19-20H,6-7,9-12,14-15H2,1-2H3/t19-,20+/m1/s1. The van der Waals surface area contributed by atoms with Crippen molar-refractivity contribution in [1.82, 2.24) is 14.8 Å². The smallest absolute Gasteiger partial charge is 0.0706 e. The molecule has 2 aromatic rings. The summed E-state index contributed by atoms with van der Waals surface area (Å²) in [4.78, 5) is 9.56. The summed E-state index contributed by atoms with van der Waals surface area (Å²) in [5.74, 6) is 0. The molecule has 2 atom stereocenters. The van der Waals surface area contributed by atoms with E-state index in [1.165, 1.54) is 50.0 Å². The lowest BCUT2D eigenvalue weighted by Crippen LogP contribution is -2.47. The zero-order valence-electron chi connectivity index (χ0n) is 15.4. The molecule has 2 saturated heterocycles. The number of aryl methyl sites for hydroxylation is 1. The molecule has 2 aliphatic heterocycles. The molecule has 2 aliphatic rings. The third-order valence-electron chi connectivity index (χ3n) is 5.61. The maximum Gasteiger partial charge on any atom is 0.0706 e. The number of hydrogen-bond donors (Lipinski definition) is 0. The molecule has 0 spiro atoms. The van der Waals surface area contributed by atoms with E-state index in [1.54, 1.807) is 0 Å². The van der Waals surface area contributed by atoms with Crippen LogP contribution in [-0.2, 0) is 11.2 Å². The maximum absolute atomic E-state index is 6.36. The van der Waals surface area contributed by atoms with Crippen LogP contribution in [0.5, 0.6) is 0 Å². The molecule has 134 valence electrons. The third-order valence-corrected chi connectivity index (χ3v) is 5.61. The van der Waals surface area contributed by atoms with Crippen molar-refractivity contribution >= 4 is 10.9 Å². The fourth-order valence-electron chi connectivity index (χ4n) is 4.05. The number of hydrogen-bond acceptors (Lipinski definition) is 4. The summed E-state index contributed by atoms with van der Waals surface area (Å²) in [5, 5.41) is 1.23. The first-order valence-electron chi connectivity index (χ1n) is 9.58. The summed E-state index contributed by atoms with van der Waals surface area (Å²) in [5.41, 5.74) is 3.53. The Morgan fingerprint density at radius 3 is 2.68 bits per heavy atom. The first kappa shape index (κ1) is 17.0. The first-order chi connectivity index (χ1) is 12.2. The van der Waals surface area contributed by atoms with E-state index < -0.39 is 0 Å². The second kappa shape index (κ2) is 7.40. The Morgan fingerprint density at radius 2 is 1.84 bits per heavy atom. The maximum atomic E-state index is 6.36. The highest BCUT2D eigenvalue weighted by Gasteiger charge is 2.27. The molecule has 2 fully saturated rings. The summed E-state index contributed by atoms with van der Waals surface area (Å²) >= 11 is 0. The van der Waals surface area contributed by atoms with Crippen LogP contribution < -0.4 is 0 Å². The van der Waals surface area contributed by atoms with Gasteiger partial charge in [-0.25, -0.2) is 0 Å². The van der Waals surface area contributed by atoms with Crippen molar-refractivity contribution in [2.75, 3.05) is 39.8 Å². The van der Waals surface area contributed by atoms with Crippen molar-refractivity contribution in [3.05, 3.63) is 41.6 Å². The minimum atomic E-state index is 0.369. The summed E-state index contributed by atoms with van der Waals surface area (Å²) in [6, 6.07) is 10.9. The van der Waals surface area contributed by atoms with Gasteiger partial charge in [0.2, 0.25) is 0 Å². The lowest BCUT2D eigenvalue weighted by atomic mass is 10.0. The van der Waals surface area contributed by atoms with E-state index in [0.29, 0.717) is 12.2 Å². The lowest BCUT2D eigenvalue weighted by Gasteiger charge is -2.33. The number of ether oxygens (including phenoxy) is 1. The number of fused-ring (bicyclic) bond motifs is 1. The Morgan fingerprint density at radius 1 is 1.04 bits per heavy atom. The summed E-state index contributed by atoms with van der Waals surface area (Å²) in [6.07, 6.45) is 4.18. The number of benzene rings is 1. The molecule has 3 heterocycles. The van der Waals surface area contributed by atoms with E-state index in [1.807, 2.05) is 6.92 Å². The van der Waals surface area contributed by atoms with E-state index in [-0.39, 0.29) is 0 Å². The van der Waals surface area contributed by atoms with Crippen molar-refractivity contribution in [1.29, 1.82) is 0 Å². The van der Waals surface area contributed by atoms with Gasteiger partial charge in [-0.3, -0.25) is 9.88 Å². The average molecular weight is 339 g/mol. The molecule has 4 nitrogen and oxygen atoms in total. The Balaban J connectivity index is 1.32. The molecule has 0 amide bonds. The first-order valence-corrected chi connectivity index (χ1v) is 9.58. The van der Waals surface area contributed by atoms with Crippen molar-refractivity contribution in [3.8, 4) is 0 Å². The molecular formula is C21H29N3O. The van der Waals surface area contributed by atoms with Gasteiger partial charge in [-0.1, -0.05) is 12.1 Å². The molecule has 4 rings (SSSR count). The molecular weight excluding hydrogens is 310 g/mol. The second-order valence-corrected chi connectivity index (χ2v) is 7.75. The Hall–Kier alpha value is -1.49. The van der Waals surface area contributed by atoms with E-state index in [9.17, 15) is 0 Å². The van der Waals surface area contributed by atoms with Gasteiger partial charge < -0.3 is 9.64 Å². The van der Waals surface area contributed by atoms with Crippen LogP contribution in [0.4, 0.5) is 0 Å². The molecule has 0 unspecified atom stereocenters. The average Bonchev–Trinajstić information content (AvgIpc) is 3.04. The van der Waals surface area contributed by atoms with Gasteiger partial charge in [-0.2, -0.15) is 0 Å². The number of aromatic nitrogens is 1. The van der Waals surface area contributed by atoms with Gasteiger partial charge in [0.05, 0.1) is 17.7 Å². The lowest BCUT2D eigenvalue weighted by molar-refractivity contribution is 0.0146. The molecule has 0 bridgehead atoms. The normalized spacial score (nSPS) is 25.7. The number of pyridine rings is 1. The van der Waals surface area contributed by atoms with Crippen LogP contribution in [0.1, 0.15) is 24.1 Å². The minimum absolute atomic E-state index is 0.369. The van der Waals surface area contributed by atoms with Gasteiger partial charge in [-0.15, -0.1) is 0 Å². The van der Waals surface area contributed by atoms with Crippen molar-refractivity contribution in [2.24, 2.45) is 0 Å². The monoisotopic (exact) mass is 339 g/mol. The molecule has 1 aromatic heterocycles. The van der Waals surface area contributed by atoms with Crippen molar-refractivity contribution in [2.45, 2.75) is 38.4 Å². The highest BCUT2D eigenvalue weighted by Crippen LogP contribution is 2.25. The van der Waals surface area contributed by atoms with Gasteiger partial charge in [0.1, 0.15) is 0 Å². The molecule has 0 radical (unpaired) electrons. The Labute approximate surface area is 150 Å². The highest BCUT2D eigenvalue weighted by molar-refractivity contribution is 5.79. The van der Waals surface area contributed by atoms with E-state index in [4.69, 9.17) is 4.74 Å². The van der Waals surface area contributed by atoms with E-state index in [2.05, 4.69) is 52.2 Å². The molecule has 25 heavy (non-hydrogen) atoms. The fraction of sp³-hybridized carbons (Fsp3) is 0.571. The summed E-state index contributed by atoms with van der Waals surface area (Å²) in [6.45, 7) is 7.86. The zero-order valence-corrected chi connectivity index (χ0v) is 15.4. The van der Waals surface area contributed by atoms with E-state index >= 15 is 0 Å². The third kappa shape index (κ3) is 4.20. The predicted octanol–water partition coefficient (Wildman–Crippen LogP) is 2.88. The van der Waals surface area contributed by atoms with Crippen LogP contribution in [0.3, 0.4) is 0 Å². The number of nitrogens with zero attached hydrogens (tertiary/aromatic N) is 3. The van der Waals surface area contributed by atoms with Gasteiger partial charge in [-0.05, 0) is 57.0 Å². The van der Waals surface area contributed by atoms with Gasteiger partial charge >= 0.3 is 0 Å². The molecule has 1 aromatic carbocycles. The van der Waals surface area contributed by atoms with Gasteiger partial charge in [0.15, 0.2) is 0 Å². The van der Waals surface area contributed by atoms with Crippen LogP contribution in [0.15, 0.2) is 30.3 Å².